The van der Waals surface area contributed by atoms with Crippen molar-refractivity contribution in [2.24, 2.45) is 5.92 Å². The normalized spacial score (nSPS) is 28.1. The molecule has 0 spiro atoms. The van der Waals surface area contributed by atoms with Gasteiger partial charge in [-0.15, -0.1) is 0 Å². The van der Waals surface area contributed by atoms with E-state index in [9.17, 15) is 18.0 Å². The fourth-order valence-electron chi connectivity index (χ4n) is 2.45. The molecule has 1 aliphatic rings. The number of rotatable bonds is 1. The lowest BCUT2D eigenvalue weighted by Crippen LogP contribution is -2.52. The first-order valence-corrected chi connectivity index (χ1v) is 6.64. The SMILES string of the molecule is CC1(c2cccc(Br)c2)CC(C(F)(F)F)CC(=O)N1. The smallest absolute Gasteiger partial charge is 0.347 e. The minimum absolute atomic E-state index is 0.140. The van der Waals surface area contributed by atoms with Crippen molar-refractivity contribution >= 4 is 21.8 Å². The summed E-state index contributed by atoms with van der Waals surface area (Å²) >= 11 is 3.29. The Bertz CT molecular complexity index is 503. The zero-order chi connectivity index (χ0) is 14.3. The van der Waals surface area contributed by atoms with Crippen molar-refractivity contribution in [1.82, 2.24) is 5.32 Å². The van der Waals surface area contributed by atoms with Gasteiger partial charge in [-0.3, -0.25) is 4.79 Å². The summed E-state index contributed by atoms with van der Waals surface area (Å²) in [7, 11) is 0. The van der Waals surface area contributed by atoms with Crippen LogP contribution in [0.4, 0.5) is 13.2 Å². The van der Waals surface area contributed by atoms with Crippen molar-refractivity contribution in [3.8, 4) is 0 Å². The zero-order valence-corrected chi connectivity index (χ0v) is 11.8. The minimum Gasteiger partial charge on any atom is -0.347 e. The lowest BCUT2D eigenvalue weighted by atomic mass is 9.78. The third-order valence-electron chi connectivity index (χ3n) is 3.43. The van der Waals surface area contributed by atoms with E-state index in [-0.39, 0.29) is 6.42 Å². The van der Waals surface area contributed by atoms with Gasteiger partial charge in [-0.25, -0.2) is 0 Å². The lowest BCUT2D eigenvalue weighted by molar-refractivity contribution is -0.190. The summed E-state index contributed by atoms with van der Waals surface area (Å²) in [6.07, 6.45) is -4.98. The van der Waals surface area contributed by atoms with Crippen LogP contribution in [0.25, 0.3) is 0 Å². The molecule has 104 valence electrons. The van der Waals surface area contributed by atoms with Crippen LogP contribution in [0, 0.1) is 5.92 Å². The summed E-state index contributed by atoms with van der Waals surface area (Å²) in [4.78, 5) is 11.6. The van der Waals surface area contributed by atoms with E-state index in [4.69, 9.17) is 0 Å². The van der Waals surface area contributed by atoms with E-state index in [2.05, 4.69) is 21.2 Å². The van der Waals surface area contributed by atoms with Crippen molar-refractivity contribution in [1.29, 1.82) is 0 Å². The summed E-state index contributed by atoms with van der Waals surface area (Å²) in [5.74, 6) is -2.15. The monoisotopic (exact) mass is 335 g/mol. The first kappa shape index (κ1) is 14.4. The van der Waals surface area contributed by atoms with Crippen molar-refractivity contribution < 1.29 is 18.0 Å². The number of carbonyl (C=O) groups excluding carboxylic acids is 1. The van der Waals surface area contributed by atoms with E-state index in [1.165, 1.54) is 0 Å². The standard InChI is InChI=1S/C13H13BrF3NO/c1-12(8-3-2-4-10(14)5-8)7-9(13(15,16)17)6-11(19)18-12/h2-5,9H,6-7H2,1H3,(H,18,19). The molecule has 2 atom stereocenters. The number of alkyl halides is 3. The highest BCUT2D eigenvalue weighted by atomic mass is 79.9. The van der Waals surface area contributed by atoms with Crippen LogP contribution in [0.5, 0.6) is 0 Å². The van der Waals surface area contributed by atoms with Gasteiger partial charge in [0.2, 0.25) is 5.91 Å². The lowest BCUT2D eigenvalue weighted by Gasteiger charge is -2.40. The summed E-state index contributed by atoms with van der Waals surface area (Å²) in [6, 6.07) is 7.00. The van der Waals surface area contributed by atoms with Gasteiger partial charge in [-0.2, -0.15) is 13.2 Å². The molecule has 2 rings (SSSR count). The molecule has 0 aromatic heterocycles. The Kier molecular flexibility index (Phi) is 3.64. The molecule has 6 heteroatoms. The molecule has 2 unspecified atom stereocenters. The largest absolute Gasteiger partial charge is 0.392 e. The highest BCUT2D eigenvalue weighted by molar-refractivity contribution is 9.10. The zero-order valence-electron chi connectivity index (χ0n) is 10.2. The van der Waals surface area contributed by atoms with Crippen LogP contribution < -0.4 is 5.32 Å². The van der Waals surface area contributed by atoms with Gasteiger partial charge >= 0.3 is 6.18 Å². The molecule has 0 bridgehead atoms. The van der Waals surface area contributed by atoms with Gasteiger partial charge in [-0.1, -0.05) is 28.1 Å². The Hall–Kier alpha value is -1.04. The predicted molar refractivity (Wildman–Crippen MR) is 68.4 cm³/mol. The number of piperidine rings is 1. The van der Waals surface area contributed by atoms with Crippen molar-refractivity contribution in [2.75, 3.05) is 0 Å². The number of benzene rings is 1. The van der Waals surface area contributed by atoms with Crippen LogP contribution in [0.15, 0.2) is 28.7 Å². The molecule has 1 fully saturated rings. The van der Waals surface area contributed by atoms with Gasteiger partial charge in [0.25, 0.3) is 0 Å². The van der Waals surface area contributed by atoms with E-state index in [0.717, 1.165) is 4.47 Å². The fourth-order valence-corrected chi connectivity index (χ4v) is 2.85. The van der Waals surface area contributed by atoms with Crippen molar-refractivity contribution in [2.45, 2.75) is 31.5 Å². The number of hydrogen-bond donors (Lipinski definition) is 1. The maximum Gasteiger partial charge on any atom is 0.392 e. The average molecular weight is 336 g/mol. The molecule has 1 aliphatic heterocycles. The van der Waals surface area contributed by atoms with Crippen molar-refractivity contribution in [3.05, 3.63) is 34.3 Å². The molecule has 0 aliphatic carbocycles. The maximum atomic E-state index is 12.9. The van der Waals surface area contributed by atoms with Gasteiger partial charge in [-0.05, 0) is 31.0 Å². The molecular weight excluding hydrogens is 323 g/mol. The number of nitrogens with one attached hydrogen (secondary N) is 1. The number of amides is 1. The molecule has 1 N–H and O–H groups in total. The summed E-state index contributed by atoms with van der Waals surface area (Å²) in [5, 5.41) is 2.68. The number of hydrogen-bond acceptors (Lipinski definition) is 1. The van der Waals surface area contributed by atoms with Crippen LogP contribution >= 0.6 is 15.9 Å². The Morgan fingerprint density at radius 3 is 2.68 bits per heavy atom. The Morgan fingerprint density at radius 2 is 2.11 bits per heavy atom. The second-order valence-electron chi connectivity index (χ2n) is 5.04. The number of carbonyl (C=O) groups is 1. The molecule has 1 aromatic carbocycles. The van der Waals surface area contributed by atoms with Crippen LogP contribution in [0.2, 0.25) is 0 Å². The molecule has 1 aromatic rings. The van der Waals surface area contributed by atoms with Crippen LogP contribution in [-0.4, -0.2) is 12.1 Å². The summed E-state index contributed by atoms with van der Waals surface area (Å²) in [6.45, 7) is 1.63. The van der Waals surface area contributed by atoms with Crippen LogP contribution in [-0.2, 0) is 10.3 Å². The molecule has 0 saturated carbocycles. The van der Waals surface area contributed by atoms with E-state index in [1.54, 1.807) is 31.2 Å². The first-order chi connectivity index (χ1) is 8.71. The fraction of sp³-hybridized carbons (Fsp3) is 0.462. The molecule has 2 nitrogen and oxygen atoms in total. The van der Waals surface area contributed by atoms with Gasteiger partial charge < -0.3 is 5.32 Å². The van der Waals surface area contributed by atoms with Gasteiger partial charge in [0.1, 0.15) is 0 Å². The van der Waals surface area contributed by atoms with Gasteiger partial charge in [0.05, 0.1) is 11.5 Å². The van der Waals surface area contributed by atoms with E-state index in [0.29, 0.717) is 5.56 Å². The quantitative estimate of drug-likeness (QED) is 0.831. The average Bonchev–Trinajstić information content (AvgIpc) is 2.26. The Morgan fingerprint density at radius 1 is 1.42 bits per heavy atom. The molecule has 1 amide bonds. The van der Waals surface area contributed by atoms with E-state index < -0.39 is 30.0 Å². The first-order valence-electron chi connectivity index (χ1n) is 5.84. The molecule has 1 saturated heterocycles. The minimum atomic E-state index is -4.34. The third kappa shape index (κ3) is 3.11. The third-order valence-corrected chi connectivity index (χ3v) is 3.92. The van der Waals surface area contributed by atoms with E-state index >= 15 is 0 Å². The van der Waals surface area contributed by atoms with Crippen LogP contribution in [0.1, 0.15) is 25.3 Å². The molecule has 19 heavy (non-hydrogen) atoms. The molecule has 1 heterocycles. The Balaban J connectivity index is 2.34. The number of halogens is 4. The second-order valence-corrected chi connectivity index (χ2v) is 5.95. The van der Waals surface area contributed by atoms with Crippen molar-refractivity contribution in [3.63, 3.8) is 0 Å². The van der Waals surface area contributed by atoms with E-state index in [1.807, 2.05) is 0 Å². The molecular formula is C13H13BrF3NO. The highest BCUT2D eigenvalue weighted by Crippen LogP contribution is 2.41. The summed E-state index contributed by atoms with van der Waals surface area (Å²) < 4.78 is 39.4. The summed E-state index contributed by atoms with van der Waals surface area (Å²) in [5.41, 5.74) is -0.316. The van der Waals surface area contributed by atoms with Gasteiger partial charge in [0, 0.05) is 10.9 Å². The topological polar surface area (TPSA) is 29.1 Å². The Labute approximate surface area is 117 Å². The molecule has 0 radical (unpaired) electrons. The second kappa shape index (κ2) is 4.81. The van der Waals surface area contributed by atoms with Crippen LogP contribution in [0.3, 0.4) is 0 Å². The maximum absolute atomic E-state index is 12.9. The van der Waals surface area contributed by atoms with Gasteiger partial charge in [0.15, 0.2) is 0 Å². The highest BCUT2D eigenvalue weighted by Gasteiger charge is 2.48. The predicted octanol–water partition coefficient (Wildman–Crippen LogP) is 3.75.